The summed E-state index contributed by atoms with van der Waals surface area (Å²) in [5, 5.41) is 4.54. The third-order valence-electron chi connectivity index (χ3n) is 2.67. The van der Waals surface area contributed by atoms with E-state index in [9.17, 15) is 9.59 Å². The smallest absolute Gasteiger partial charge is 0.350 e. The highest BCUT2D eigenvalue weighted by molar-refractivity contribution is 7.12. The Kier molecular flexibility index (Phi) is 3.58. The van der Waals surface area contributed by atoms with Crippen molar-refractivity contribution in [2.75, 3.05) is 12.4 Å². The Morgan fingerprint density at radius 1 is 1.41 bits per heavy atom. The highest BCUT2D eigenvalue weighted by Gasteiger charge is 2.22. The Balaban J connectivity index is 2.05. The monoisotopic (exact) mass is 251 g/mol. The number of hydrogen-bond acceptors (Lipinski definition) is 4. The molecule has 1 aliphatic rings. The first-order valence-corrected chi connectivity index (χ1v) is 6.22. The largest absolute Gasteiger partial charge is 0.465 e. The van der Waals surface area contributed by atoms with Gasteiger partial charge in [-0.3, -0.25) is 4.79 Å². The number of anilines is 1. The maximum absolute atomic E-state index is 11.9. The van der Waals surface area contributed by atoms with Crippen molar-refractivity contribution < 1.29 is 14.3 Å². The minimum absolute atomic E-state index is 0.0135. The van der Waals surface area contributed by atoms with Gasteiger partial charge >= 0.3 is 5.97 Å². The molecule has 0 saturated heterocycles. The summed E-state index contributed by atoms with van der Waals surface area (Å²) in [6.07, 6.45) is 5.53. The highest BCUT2D eigenvalue weighted by Crippen LogP contribution is 2.25. The van der Waals surface area contributed by atoms with Gasteiger partial charge in [-0.15, -0.1) is 11.3 Å². The topological polar surface area (TPSA) is 55.4 Å². The lowest BCUT2D eigenvalue weighted by atomic mass is 10.1. The minimum atomic E-state index is -0.417. The van der Waals surface area contributed by atoms with Crippen molar-refractivity contribution in [3.05, 3.63) is 28.5 Å². The number of carbonyl (C=O) groups is 2. The first-order chi connectivity index (χ1) is 8.22. The fourth-order valence-corrected chi connectivity index (χ4v) is 2.49. The van der Waals surface area contributed by atoms with E-state index in [2.05, 4.69) is 10.1 Å². The molecule has 0 aromatic carbocycles. The number of nitrogens with one attached hydrogen (secondary N) is 1. The van der Waals surface area contributed by atoms with Gasteiger partial charge in [0.2, 0.25) is 5.91 Å². The Hall–Kier alpha value is -1.62. The zero-order valence-electron chi connectivity index (χ0n) is 9.43. The van der Waals surface area contributed by atoms with Crippen LogP contribution in [0, 0.1) is 5.92 Å². The summed E-state index contributed by atoms with van der Waals surface area (Å²) >= 11 is 1.26. The van der Waals surface area contributed by atoms with Gasteiger partial charge in [0.1, 0.15) is 4.88 Å². The minimum Gasteiger partial charge on any atom is -0.465 e. The number of methoxy groups -OCH3 is 1. The number of hydrogen-bond donors (Lipinski definition) is 1. The van der Waals surface area contributed by atoms with Gasteiger partial charge in [-0.1, -0.05) is 12.2 Å². The van der Waals surface area contributed by atoms with Crippen LogP contribution in [0.2, 0.25) is 0 Å². The number of esters is 1. The molecule has 0 fully saturated rings. The Morgan fingerprint density at radius 3 is 2.76 bits per heavy atom. The first-order valence-electron chi connectivity index (χ1n) is 5.34. The number of carbonyl (C=O) groups excluding carboxylic acids is 2. The Morgan fingerprint density at radius 2 is 2.12 bits per heavy atom. The van der Waals surface area contributed by atoms with Crippen LogP contribution >= 0.6 is 11.3 Å². The maximum atomic E-state index is 11.9. The van der Waals surface area contributed by atoms with Crippen molar-refractivity contribution in [1.29, 1.82) is 0 Å². The van der Waals surface area contributed by atoms with Gasteiger partial charge in [-0.2, -0.15) is 0 Å². The average molecular weight is 251 g/mol. The summed E-state index contributed by atoms with van der Waals surface area (Å²) < 4.78 is 4.65. The second-order valence-corrected chi connectivity index (χ2v) is 4.70. The van der Waals surface area contributed by atoms with Crippen molar-refractivity contribution in [2.24, 2.45) is 5.92 Å². The molecule has 90 valence electrons. The van der Waals surface area contributed by atoms with Gasteiger partial charge in [-0.25, -0.2) is 4.79 Å². The van der Waals surface area contributed by atoms with E-state index < -0.39 is 5.97 Å². The summed E-state index contributed by atoms with van der Waals surface area (Å²) in [6.45, 7) is 0. The molecule has 2 rings (SSSR count). The van der Waals surface area contributed by atoms with Crippen molar-refractivity contribution in [3.63, 3.8) is 0 Å². The summed E-state index contributed by atoms with van der Waals surface area (Å²) in [7, 11) is 1.33. The van der Waals surface area contributed by atoms with Crippen molar-refractivity contribution >= 4 is 28.9 Å². The van der Waals surface area contributed by atoms with Crippen LogP contribution in [0.5, 0.6) is 0 Å². The molecule has 1 heterocycles. The van der Waals surface area contributed by atoms with Crippen molar-refractivity contribution in [1.82, 2.24) is 0 Å². The summed E-state index contributed by atoms with van der Waals surface area (Å²) in [4.78, 5) is 23.7. The first kappa shape index (κ1) is 11.9. The van der Waals surface area contributed by atoms with Gasteiger partial charge in [0.25, 0.3) is 0 Å². The standard InChI is InChI=1S/C12H13NO3S/c1-16-12(15)10-9(6-7-17-10)13-11(14)8-4-2-3-5-8/h2-3,6-8H,4-5H2,1H3,(H,13,14). The van der Waals surface area contributed by atoms with E-state index in [1.807, 2.05) is 12.2 Å². The SMILES string of the molecule is COC(=O)c1sccc1NC(=O)C1CC=CC1. The van der Waals surface area contributed by atoms with E-state index in [0.29, 0.717) is 10.6 Å². The van der Waals surface area contributed by atoms with Crippen molar-refractivity contribution in [3.8, 4) is 0 Å². The maximum Gasteiger partial charge on any atom is 0.350 e. The predicted molar refractivity (Wildman–Crippen MR) is 66.2 cm³/mol. The Labute approximate surface area is 103 Å². The second-order valence-electron chi connectivity index (χ2n) is 3.78. The third-order valence-corrected chi connectivity index (χ3v) is 3.57. The molecule has 0 atom stereocenters. The van der Waals surface area contributed by atoms with E-state index in [4.69, 9.17) is 0 Å². The van der Waals surface area contributed by atoms with E-state index in [1.165, 1.54) is 18.4 Å². The molecular weight excluding hydrogens is 238 g/mol. The van der Waals surface area contributed by atoms with Crippen LogP contribution < -0.4 is 5.32 Å². The average Bonchev–Trinajstić information content (AvgIpc) is 2.98. The number of ether oxygens (including phenoxy) is 1. The van der Waals surface area contributed by atoms with E-state index in [0.717, 1.165) is 12.8 Å². The lowest BCUT2D eigenvalue weighted by molar-refractivity contribution is -0.119. The molecule has 0 unspecified atom stereocenters. The van der Waals surface area contributed by atoms with Crippen LogP contribution in [0.25, 0.3) is 0 Å². The Bertz CT molecular complexity index is 456. The van der Waals surface area contributed by atoms with Gasteiger partial charge < -0.3 is 10.1 Å². The van der Waals surface area contributed by atoms with Crippen LogP contribution in [0.15, 0.2) is 23.6 Å². The number of amides is 1. The molecule has 1 aromatic heterocycles. The van der Waals surface area contributed by atoms with E-state index in [-0.39, 0.29) is 11.8 Å². The number of thiophene rings is 1. The summed E-state index contributed by atoms with van der Waals surface area (Å²) in [5.74, 6) is -0.473. The second kappa shape index (κ2) is 5.14. The number of allylic oxidation sites excluding steroid dienone is 2. The van der Waals surface area contributed by atoms with E-state index >= 15 is 0 Å². The normalized spacial score (nSPS) is 14.9. The molecule has 0 aliphatic heterocycles. The van der Waals surface area contributed by atoms with Crippen LogP contribution in [0.3, 0.4) is 0 Å². The van der Waals surface area contributed by atoms with Gasteiger partial charge in [0.15, 0.2) is 0 Å². The van der Waals surface area contributed by atoms with Crippen LogP contribution in [0.4, 0.5) is 5.69 Å². The van der Waals surface area contributed by atoms with E-state index in [1.54, 1.807) is 11.4 Å². The molecule has 1 aromatic rings. The third kappa shape index (κ3) is 2.55. The quantitative estimate of drug-likeness (QED) is 0.663. The number of rotatable bonds is 3. The molecule has 1 aliphatic carbocycles. The van der Waals surface area contributed by atoms with Gasteiger partial charge in [-0.05, 0) is 24.3 Å². The molecule has 1 amide bonds. The fourth-order valence-electron chi connectivity index (χ4n) is 1.72. The summed E-state index contributed by atoms with van der Waals surface area (Å²) in [6, 6.07) is 1.72. The molecule has 0 saturated carbocycles. The zero-order chi connectivity index (χ0) is 12.3. The molecule has 0 spiro atoms. The summed E-state index contributed by atoms with van der Waals surface area (Å²) in [5.41, 5.74) is 0.541. The fraction of sp³-hybridized carbons (Fsp3) is 0.333. The molecule has 4 nitrogen and oxygen atoms in total. The molecule has 0 radical (unpaired) electrons. The molecule has 0 bridgehead atoms. The predicted octanol–water partition coefficient (Wildman–Crippen LogP) is 2.44. The lowest BCUT2D eigenvalue weighted by Gasteiger charge is -2.10. The molecule has 17 heavy (non-hydrogen) atoms. The van der Waals surface area contributed by atoms with Crippen LogP contribution in [-0.4, -0.2) is 19.0 Å². The highest BCUT2D eigenvalue weighted by atomic mass is 32.1. The van der Waals surface area contributed by atoms with Gasteiger partial charge in [0, 0.05) is 5.92 Å². The molecular formula is C12H13NO3S. The van der Waals surface area contributed by atoms with Crippen LogP contribution in [0.1, 0.15) is 22.5 Å². The zero-order valence-corrected chi connectivity index (χ0v) is 10.3. The van der Waals surface area contributed by atoms with Crippen molar-refractivity contribution in [2.45, 2.75) is 12.8 Å². The molecule has 5 heteroatoms. The lowest BCUT2D eigenvalue weighted by Crippen LogP contribution is -2.21. The van der Waals surface area contributed by atoms with Crippen LogP contribution in [-0.2, 0) is 9.53 Å². The van der Waals surface area contributed by atoms with Gasteiger partial charge in [0.05, 0.1) is 12.8 Å². The molecule has 1 N–H and O–H groups in total.